The summed E-state index contributed by atoms with van der Waals surface area (Å²) in [6.45, 7) is 1.91. The van der Waals surface area contributed by atoms with Crippen LogP contribution >= 0.6 is 0 Å². The first kappa shape index (κ1) is 17.9. The number of para-hydroxylation sites is 1. The smallest absolute Gasteiger partial charge is 0.255 e. The maximum atomic E-state index is 13.6. The Morgan fingerprint density at radius 1 is 0.929 bits per heavy atom. The molecule has 4 aromatic rings. The van der Waals surface area contributed by atoms with E-state index in [0.717, 1.165) is 27.9 Å². The molecule has 1 amide bonds. The average molecular weight is 367 g/mol. The lowest BCUT2D eigenvalue weighted by atomic mass is 9.99. The number of hydrogen-bond donors (Lipinski definition) is 0. The number of amides is 1. The Hall–Kier alpha value is -3.53. The highest BCUT2D eigenvalue weighted by molar-refractivity contribution is 6.06. The molecular weight excluding hydrogens is 346 g/mol. The molecule has 1 atom stereocenters. The molecule has 138 valence electrons. The van der Waals surface area contributed by atoms with Gasteiger partial charge in [0.05, 0.1) is 22.8 Å². The van der Waals surface area contributed by atoms with E-state index in [-0.39, 0.29) is 11.9 Å². The summed E-state index contributed by atoms with van der Waals surface area (Å²) in [5.74, 6) is -0.0544. The fourth-order valence-corrected chi connectivity index (χ4v) is 3.56. The van der Waals surface area contributed by atoms with Gasteiger partial charge in [0.2, 0.25) is 0 Å². The molecule has 2 aromatic heterocycles. The van der Waals surface area contributed by atoms with Gasteiger partial charge in [-0.1, -0.05) is 54.6 Å². The summed E-state index contributed by atoms with van der Waals surface area (Å²) in [7, 11) is 1.83. The second kappa shape index (κ2) is 7.61. The molecule has 0 unspecified atom stereocenters. The monoisotopic (exact) mass is 367 g/mol. The molecule has 4 rings (SSSR count). The first-order chi connectivity index (χ1) is 13.6. The van der Waals surface area contributed by atoms with E-state index < -0.39 is 0 Å². The number of aromatic nitrogens is 2. The van der Waals surface area contributed by atoms with Crippen molar-refractivity contribution in [3.63, 3.8) is 0 Å². The summed E-state index contributed by atoms with van der Waals surface area (Å²) in [4.78, 5) is 24.4. The van der Waals surface area contributed by atoms with E-state index in [2.05, 4.69) is 9.97 Å². The van der Waals surface area contributed by atoms with Crippen molar-refractivity contribution in [2.75, 3.05) is 7.05 Å². The summed E-state index contributed by atoms with van der Waals surface area (Å²) < 4.78 is 0. The first-order valence-corrected chi connectivity index (χ1v) is 9.24. The van der Waals surface area contributed by atoms with Gasteiger partial charge < -0.3 is 4.90 Å². The van der Waals surface area contributed by atoms with E-state index >= 15 is 0 Å². The van der Waals surface area contributed by atoms with Crippen LogP contribution in [0.5, 0.6) is 0 Å². The molecule has 0 saturated carbocycles. The third-order valence-corrected chi connectivity index (χ3v) is 4.87. The minimum atomic E-state index is -0.276. The molecule has 0 saturated heterocycles. The highest BCUT2D eigenvalue weighted by Gasteiger charge is 2.26. The molecule has 0 aliphatic rings. The molecule has 2 aromatic carbocycles. The van der Waals surface area contributed by atoms with Crippen molar-refractivity contribution in [2.24, 2.45) is 0 Å². The number of carbonyl (C=O) groups excluding carboxylic acids is 1. The molecule has 0 aliphatic carbocycles. The van der Waals surface area contributed by atoms with Crippen molar-refractivity contribution < 1.29 is 4.79 Å². The summed E-state index contributed by atoms with van der Waals surface area (Å²) in [6, 6.07) is 25.1. The van der Waals surface area contributed by atoms with Gasteiger partial charge in [0.15, 0.2) is 0 Å². The highest BCUT2D eigenvalue weighted by atomic mass is 16.2. The van der Waals surface area contributed by atoms with Crippen LogP contribution in [0.1, 0.15) is 33.4 Å². The fourth-order valence-electron chi connectivity index (χ4n) is 3.56. The lowest BCUT2D eigenvalue weighted by Gasteiger charge is -2.29. The van der Waals surface area contributed by atoms with Crippen LogP contribution < -0.4 is 0 Å². The van der Waals surface area contributed by atoms with E-state index in [9.17, 15) is 4.79 Å². The van der Waals surface area contributed by atoms with Crippen LogP contribution in [0, 0.1) is 6.92 Å². The lowest BCUT2D eigenvalue weighted by Crippen LogP contribution is -2.32. The van der Waals surface area contributed by atoms with E-state index in [4.69, 9.17) is 0 Å². The van der Waals surface area contributed by atoms with Crippen LogP contribution in [0.15, 0.2) is 85.1 Å². The van der Waals surface area contributed by atoms with Crippen LogP contribution in [0.25, 0.3) is 10.9 Å². The maximum absolute atomic E-state index is 13.6. The van der Waals surface area contributed by atoms with Crippen molar-refractivity contribution in [2.45, 2.75) is 13.0 Å². The normalized spacial score (nSPS) is 11.9. The van der Waals surface area contributed by atoms with Gasteiger partial charge in [-0.05, 0) is 36.8 Å². The molecule has 0 radical (unpaired) electrons. The molecule has 4 nitrogen and oxygen atoms in total. The first-order valence-electron chi connectivity index (χ1n) is 9.24. The van der Waals surface area contributed by atoms with Crippen LogP contribution in [0.2, 0.25) is 0 Å². The summed E-state index contributed by atoms with van der Waals surface area (Å²) in [5, 5.41) is 0.859. The van der Waals surface area contributed by atoms with Gasteiger partial charge in [0.25, 0.3) is 5.91 Å². The maximum Gasteiger partial charge on any atom is 0.255 e. The zero-order chi connectivity index (χ0) is 19.5. The minimum Gasteiger partial charge on any atom is -0.329 e. The average Bonchev–Trinajstić information content (AvgIpc) is 2.74. The number of rotatable bonds is 4. The molecule has 0 spiro atoms. The molecule has 2 heterocycles. The van der Waals surface area contributed by atoms with Gasteiger partial charge in [-0.25, -0.2) is 0 Å². The predicted molar refractivity (Wildman–Crippen MR) is 111 cm³/mol. The number of fused-ring (bicyclic) bond motifs is 1. The molecule has 0 aliphatic heterocycles. The number of hydrogen-bond acceptors (Lipinski definition) is 3. The number of nitrogens with zero attached hydrogens (tertiary/aromatic N) is 3. The standard InChI is InChI=1S/C24H21N3O/c1-17-16-20(19-12-6-7-13-21(19)26-17)24(28)27(2)23(18-10-4-3-5-11-18)22-14-8-9-15-25-22/h3-16,23H,1-2H3/t23-/m0/s1. The van der Waals surface area contributed by atoms with E-state index in [1.165, 1.54) is 0 Å². The molecule has 0 fully saturated rings. The Morgan fingerprint density at radius 3 is 2.39 bits per heavy atom. The molecule has 0 bridgehead atoms. The highest BCUT2D eigenvalue weighted by Crippen LogP contribution is 2.29. The van der Waals surface area contributed by atoms with Crippen molar-refractivity contribution in [1.29, 1.82) is 0 Å². The molecule has 0 N–H and O–H groups in total. The van der Waals surface area contributed by atoms with E-state index in [1.807, 2.05) is 92.8 Å². The van der Waals surface area contributed by atoms with Crippen molar-refractivity contribution in [3.8, 4) is 0 Å². The Kier molecular flexibility index (Phi) is 4.85. The second-order valence-corrected chi connectivity index (χ2v) is 6.81. The second-order valence-electron chi connectivity index (χ2n) is 6.81. The zero-order valence-electron chi connectivity index (χ0n) is 15.9. The van der Waals surface area contributed by atoms with Crippen molar-refractivity contribution >= 4 is 16.8 Å². The van der Waals surface area contributed by atoms with Crippen LogP contribution in [0.3, 0.4) is 0 Å². The van der Waals surface area contributed by atoms with Crippen molar-refractivity contribution in [3.05, 3.63) is 108 Å². The van der Waals surface area contributed by atoms with Gasteiger partial charge in [-0.3, -0.25) is 14.8 Å². The summed E-state index contributed by atoms with van der Waals surface area (Å²) >= 11 is 0. The van der Waals surface area contributed by atoms with Crippen molar-refractivity contribution in [1.82, 2.24) is 14.9 Å². The summed E-state index contributed by atoms with van der Waals surface area (Å²) in [5.41, 5.74) is 4.16. The van der Waals surface area contributed by atoms with Crippen LogP contribution in [-0.2, 0) is 0 Å². The lowest BCUT2D eigenvalue weighted by molar-refractivity contribution is 0.0754. The van der Waals surface area contributed by atoms with Gasteiger partial charge >= 0.3 is 0 Å². The van der Waals surface area contributed by atoms with E-state index in [0.29, 0.717) is 5.56 Å². The third-order valence-electron chi connectivity index (χ3n) is 4.87. The summed E-state index contributed by atoms with van der Waals surface area (Å²) in [6.07, 6.45) is 1.76. The third kappa shape index (κ3) is 3.37. The van der Waals surface area contributed by atoms with Gasteiger partial charge in [0.1, 0.15) is 0 Å². The Bertz CT molecular complexity index is 1070. The molecular formula is C24H21N3O. The van der Waals surface area contributed by atoms with Gasteiger partial charge in [-0.2, -0.15) is 0 Å². The number of benzene rings is 2. The van der Waals surface area contributed by atoms with Crippen LogP contribution in [0.4, 0.5) is 0 Å². The Balaban J connectivity index is 1.82. The number of pyridine rings is 2. The Labute approximate surface area is 164 Å². The largest absolute Gasteiger partial charge is 0.329 e. The SMILES string of the molecule is Cc1cc(C(=O)N(C)[C@@H](c2ccccc2)c2ccccn2)c2ccccc2n1. The van der Waals surface area contributed by atoms with Gasteiger partial charge in [0, 0.05) is 24.3 Å². The number of carbonyl (C=O) groups is 1. The quantitative estimate of drug-likeness (QED) is 0.520. The molecule has 28 heavy (non-hydrogen) atoms. The van der Waals surface area contributed by atoms with Crippen LogP contribution in [-0.4, -0.2) is 27.8 Å². The topological polar surface area (TPSA) is 46.1 Å². The predicted octanol–water partition coefficient (Wildman–Crippen LogP) is 4.80. The molecule has 4 heteroatoms. The van der Waals surface area contributed by atoms with Gasteiger partial charge in [-0.15, -0.1) is 0 Å². The number of aryl methyl sites for hydroxylation is 1. The fraction of sp³-hybridized carbons (Fsp3) is 0.125. The minimum absolute atomic E-state index is 0.0544. The Morgan fingerprint density at radius 2 is 1.64 bits per heavy atom. The zero-order valence-corrected chi connectivity index (χ0v) is 15.9. The van der Waals surface area contributed by atoms with E-state index in [1.54, 1.807) is 11.1 Å².